The number of ether oxygens (including phenoxy) is 1. The highest BCUT2D eigenvalue weighted by molar-refractivity contribution is 7.89. The van der Waals surface area contributed by atoms with Crippen molar-refractivity contribution in [2.24, 2.45) is 5.92 Å². The highest BCUT2D eigenvalue weighted by atomic mass is 32.2. The summed E-state index contributed by atoms with van der Waals surface area (Å²) in [4.78, 5) is -0.368. The van der Waals surface area contributed by atoms with Crippen molar-refractivity contribution in [3.8, 4) is 0 Å². The minimum absolute atomic E-state index is 0.226. The second-order valence-electron chi connectivity index (χ2n) is 5.03. The van der Waals surface area contributed by atoms with Gasteiger partial charge in [0.05, 0.1) is 0 Å². The maximum Gasteiger partial charge on any atom is 0.245 e. The van der Waals surface area contributed by atoms with Gasteiger partial charge < -0.3 is 10.5 Å². The molecule has 1 saturated heterocycles. The number of nitrogen functional groups attached to an aromatic ring is 1. The Balaban J connectivity index is 2.18. The molecule has 1 aliphatic rings. The molecule has 0 aliphatic carbocycles. The number of hydrogen-bond donors (Lipinski definition) is 1. The van der Waals surface area contributed by atoms with Crippen molar-refractivity contribution in [3.63, 3.8) is 0 Å². The Morgan fingerprint density at radius 1 is 1.40 bits per heavy atom. The van der Waals surface area contributed by atoms with E-state index >= 15 is 0 Å². The average Bonchev–Trinajstić information content (AvgIpc) is 2.42. The molecule has 1 aromatic carbocycles. The summed E-state index contributed by atoms with van der Waals surface area (Å²) in [6.45, 7) is 1.65. The highest BCUT2D eigenvalue weighted by Gasteiger charge is 2.27. The Morgan fingerprint density at radius 2 is 2.05 bits per heavy atom. The van der Waals surface area contributed by atoms with Crippen LogP contribution in [0.25, 0.3) is 0 Å². The zero-order chi connectivity index (χ0) is 14.8. The van der Waals surface area contributed by atoms with E-state index in [0.717, 1.165) is 25.0 Å². The van der Waals surface area contributed by atoms with E-state index in [1.807, 2.05) is 0 Å². The van der Waals surface area contributed by atoms with E-state index in [1.54, 1.807) is 0 Å². The number of anilines is 1. The quantitative estimate of drug-likeness (QED) is 0.855. The minimum atomic E-state index is -3.85. The average molecular weight is 302 g/mol. The molecule has 7 heteroatoms. The molecule has 20 heavy (non-hydrogen) atoms. The van der Waals surface area contributed by atoms with Crippen LogP contribution in [0.2, 0.25) is 0 Å². The van der Waals surface area contributed by atoms with Gasteiger partial charge in [0.2, 0.25) is 10.0 Å². The number of rotatable bonds is 4. The van der Waals surface area contributed by atoms with Crippen LogP contribution in [0.1, 0.15) is 12.8 Å². The van der Waals surface area contributed by atoms with E-state index in [-0.39, 0.29) is 16.5 Å². The van der Waals surface area contributed by atoms with Crippen LogP contribution in [0.5, 0.6) is 0 Å². The maximum absolute atomic E-state index is 13.7. The summed E-state index contributed by atoms with van der Waals surface area (Å²) >= 11 is 0. The maximum atomic E-state index is 13.7. The predicted octanol–water partition coefficient (Wildman–Crippen LogP) is 1.45. The van der Waals surface area contributed by atoms with Gasteiger partial charge in [-0.15, -0.1) is 0 Å². The van der Waals surface area contributed by atoms with Crippen molar-refractivity contribution in [1.82, 2.24) is 4.31 Å². The van der Waals surface area contributed by atoms with E-state index in [0.29, 0.717) is 19.8 Å². The molecule has 0 bridgehead atoms. The van der Waals surface area contributed by atoms with Gasteiger partial charge in [0.1, 0.15) is 10.7 Å². The molecular weight excluding hydrogens is 283 g/mol. The molecule has 1 fully saturated rings. The molecule has 112 valence electrons. The van der Waals surface area contributed by atoms with E-state index in [9.17, 15) is 12.8 Å². The van der Waals surface area contributed by atoms with Crippen molar-refractivity contribution in [3.05, 3.63) is 24.0 Å². The van der Waals surface area contributed by atoms with Gasteiger partial charge in [-0.05, 0) is 37.0 Å². The zero-order valence-electron chi connectivity index (χ0n) is 11.4. The van der Waals surface area contributed by atoms with E-state index in [4.69, 9.17) is 10.5 Å². The fourth-order valence-corrected chi connectivity index (χ4v) is 3.62. The Kier molecular flexibility index (Phi) is 4.62. The van der Waals surface area contributed by atoms with Crippen molar-refractivity contribution in [1.29, 1.82) is 0 Å². The van der Waals surface area contributed by atoms with Crippen molar-refractivity contribution < 1.29 is 17.5 Å². The summed E-state index contributed by atoms with van der Waals surface area (Å²) in [5.74, 6) is -0.536. The molecule has 0 saturated carbocycles. The monoisotopic (exact) mass is 302 g/mol. The van der Waals surface area contributed by atoms with Gasteiger partial charge in [-0.1, -0.05) is 0 Å². The van der Waals surface area contributed by atoms with Crippen LogP contribution in [0.4, 0.5) is 10.1 Å². The van der Waals surface area contributed by atoms with Crippen molar-refractivity contribution >= 4 is 15.7 Å². The molecule has 2 N–H and O–H groups in total. The number of nitrogens with two attached hydrogens (primary N) is 1. The number of nitrogens with zero attached hydrogens (tertiary/aromatic N) is 1. The molecule has 1 aromatic rings. The number of hydrogen-bond acceptors (Lipinski definition) is 4. The van der Waals surface area contributed by atoms with Gasteiger partial charge >= 0.3 is 0 Å². The predicted molar refractivity (Wildman–Crippen MR) is 74.2 cm³/mol. The molecule has 2 rings (SSSR count). The van der Waals surface area contributed by atoms with Crippen LogP contribution in [0.15, 0.2) is 23.1 Å². The van der Waals surface area contributed by atoms with Crippen LogP contribution < -0.4 is 5.73 Å². The Bertz CT molecular complexity index is 571. The lowest BCUT2D eigenvalue weighted by atomic mass is 10.0. The van der Waals surface area contributed by atoms with Crippen molar-refractivity contribution in [2.75, 3.05) is 32.5 Å². The van der Waals surface area contributed by atoms with Crippen LogP contribution in [0.3, 0.4) is 0 Å². The third kappa shape index (κ3) is 3.28. The van der Waals surface area contributed by atoms with Crippen LogP contribution in [0, 0.1) is 11.7 Å². The van der Waals surface area contributed by atoms with E-state index in [1.165, 1.54) is 17.4 Å². The first-order valence-electron chi connectivity index (χ1n) is 6.50. The Morgan fingerprint density at radius 3 is 2.70 bits per heavy atom. The summed E-state index contributed by atoms with van der Waals surface area (Å²) in [5.41, 5.74) is 5.77. The minimum Gasteiger partial charge on any atom is -0.399 e. The second-order valence-corrected chi connectivity index (χ2v) is 7.04. The van der Waals surface area contributed by atoms with Gasteiger partial charge in [-0.25, -0.2) is 17.1 Å². The standard InChI is InChI=1S/C13H19FN2O3S/c1-16(9-10-4-6-19-7-5-10)20(17,18)13-8-11(15)2-3-12(13)14/h2-3,8,10H,4-7,9,15H2,1H3. The Hall–Kier alpha value is -1.18. The topological polar surface area (TPSA) is 72.6 Å². The van der Waals surface area contributed by atoms with Gasteiger partial charge in [0.15, 0.2) is 0 Å². The summed E-state index contributed by atoms with van der Waals surface area (Å²) in [6, 6.07) is 3.57. The van der Waals surface area contributed by atoms with Gasteiger partial charge in [0, 0.05) is 32.5 Å². The van der Waals surface area contributed by atoms with Crippen LogP contribution in [-0.2, 0) is 14.8 Å². The zero-order valence-corrected chi connectivity index (χ0v) is 12.2. The van der Waals surface area contributed by atoms with Crippen LogP contribution >= 0.6 is 0 Å². The third-order valence-electron chi connectivity index (χ3n) is 3.50. The van der Waals surface area contributed by atoms with Gasteiger partial charge in [0.25, 0.3) is 0 Å². The molecule has 5 nitrogen and oxygen atoms in total. The first kappa shape index (κ1) is 15.2. The molecule has 0 spiro atoms. The first-order chi connectivity index (χ1) is 9.41. The third-order valence-corrected chi connectivity index (χ3v) is 5.34. The molecular formula is C13H19FN2O3S. The lowest BCUT2D eigenvalue weighted by Crippen LogP contribution is -2.34. The molecule has 0 radical (unpaired) electrons. The number of benzene rings is 1. The highest BCUT2D eigenvalue weighted by Crippen LogP contribution is 2.23. The first-order valence-corrected chi connectivity index (χ1v) is 7.94. The molecule has 0 aromatic heterocycles. The Labute approximate surface area is 118 Å². The lowest BCUT2D eigenvalue weighted by Gasteiger charge is -2.26. The smallest absolute Gasteiger partial charge is 0.245 e. The van der Waals surface area contributed by atoms with E-state index < -0.39 is 15.8 Å². The fourth-order valence-electron chi connectivity index (χ4n) is 2.28. The second kappa shape index (κ2) is 6.07. The molecule has 0 amide bonds. The summed E-state index contributed by atoms with van der Waals surface area (Å²) < 4.78 is 44.9. The van der Waals surface area contributed by atoms with Crippen molar-refractivity contribution in [2.45, 2.75) is 17.7 Å². The SMILES string of the molecule is CN(CC1CCOCC1)S(=O)(=O)c1cc(N)ccc1F. The van der Waals surface area contributed by atoms with Crippen LogP contribution in [-0.4, -0.2) is 39.5 Å². The molecule has 1 heterocycles. The largest absolute Gasteiger partial charge is 0.399 e. The van der Waals surface area contributed by atoms with Gasteiger partial charge in [-0.2, -0.15) is 0 Å². The summed E-state index contributed by atoms with van der Waals surface area (Å²) in [6.07, 6.45) is 1.64. The molecule has 0 atom stereocenters. The van der Waals surface area contributed by atoms with Gasteiger partial charge in [-0.3, -0.25) is 0 Å². The van der Waals surface area contributed by atoms with E-state index in [2.05, 4.69) is 0 Å². The number of sulfonamides is 1. The summed E-state index contributed by atoms with van der Waals surface area (Å²) in [5, 5.41) is 0. The summed E-state index contributed by atoms with van der Waals surface area (Å²) in [7, 11) is -2.39. The fraction of sp³-hybridized carbons (Fsp3) is 0.538. The lowest BCUT2D eigenvalue weighted by molar-refractivity contribution is 0.0620. The molecule has 1 aliphatic heterocycles. The normalized spacial score (nSPS) is 17.6. The molecule has 0 unspecified atom stereocenters. The number of halogens is 1.